The van der Waals surface area contributed by atoms with Crippen LogP contribution in [0.15, 0.2) is 11.6 Å². The highest BCUT2D eigenvalue weighted by molar-refractivity contribution is 5.85. The summed E-state index contributed by atoms with van der Waals surface area (Å²) in [6.07, 6.45) is -1.89. The van der Waals surface area contributed by atoms with Crippen molar-refractivity contribution in [3.8, 4) is 0 Å². The summed E-state index contributed by atoms with van der Waals surface area (Å²) >= 11 is 0. The molecule has 6 N–H and O–H groups in total. The van der Waals surface area contributed by atoms with Gasteiger partial charge in [-0.2, -0.15) is 0 Å². The first-order valence-electron chi connectivity index (χ1n) is 17.3. The summed E-state index contributed by atoms with van der Waals surface area (Å²) in [4.78, 5) is 25.0. The van der Waals surface area contributed by atoms with Crippen molar-refractivity contribution in [1.29, 1.82) is 0 Å². The highest BCUT2D eigenvalue weighted by atomic mass is 16.7. The summed E-state index contributed by atoms with van der Waals surface area (Å²) in [7, 11) is 0. The molecule has 0 aromatic heterocycles. The highest BCUT2D eigenvalue weighted by Gasteiger charge is 2.71. The molecule has 6 fully saturated rings. The number of carbonyl (C=O) groups is 2. The van der Waals surface area contributed by atoms with E-state index in [9.17, 15) is 40.2 Å². The molecule has 4 aliphatic carbocycles. The number of aldehydes is 1. The zero-order valence-corrected chi connectivity index (χ0v) is 27.1. The van der Waals surface area contributed by atoms with E-state index in [1.54, 1.807) is 13.0 Å². The van der Waals surface area contributed by atoms with Crippen molar-refractivity contribution >= 4 is 12.3 Å². The van der Waals surface area contributed by atoms with Crippen molar-refractivity contribution in [2.24, 2.45) is 28.6 Å². The minimum atomic E-state index is -1.50. The predicted molar refractivity (Wildman–Crippen MR) is 160 cm³/mol. The molecule has 0 unspecified atom stereocenters. The van der Waals surface area contributed by atoms with Crippen molar-refractivity contribution in [3.63, 3.8) is 0 Å². The van der Waals surface area contributed by atoms with E-state index in [0.29, 0.717) is 44.9 Å². The largest absolute Gasteiger partial charge is 0.458 e. The van der Waals surface area contributed by atoms with Crippen LogP contribution in [0, 0.1) is 28.6 Å². The van der Waals surface area contributed by atoms with Crippen LogP contribution in [0.25, 0.3) is 0 Å². The molecule has 264 valence electrons. The second-order valence-corrected chi connectivity index (χ2v) is 15.7. The first-order chi connectivity index (χ1) is 22.2. The van der Waals surface area contributed by atoms with Crippen LogP contribution in [0.5, 0.6) is 0 Å². The number of esters is 1. The normalized spacial score (nSPS) is 54.6. The van der Waals surface area contributed by atoms with E-state index < -0.39 is 77.3 Å². The molecule has 4 saturated carbocycles. The van der Waals surface area contributed by atoms with Gasteiger partial charge < -0.3 is 59.1 Å². The molecule has 7 aliphatic rings. The summed E-state index contributed by atoms with van der Waals surface area (Å²) in [5.74, 6) is -0.635. The average molecular weight is 667 g/mol. The Morgan fingerprint density at radius 1 is 0.936 bits per heavy atom. The molecule has 16 atom stereocenters. The number of cyclic esters (lactones) is 1. The van der Waals surface area contributed by atoms with Crippen molar-refractivity contribution in [3.05, 3.63) is 11.6 Å². The average Bonchev–Trinajstić information content (AvgIpc) is 3.57. The fourth-order valence-corrected chi connectivity index (χ4v) is 11.0. The van der Waals surface area contributed by atoms with Gasteiger partial charge in [0.05, 0.1) is 41.5 Å². The topological polar surface area (TPSA) is 202 Å². The van der Waals surface area contributed by atoms with Crippen LogP contribution in [-0.4, -0.2) is 123 Å². The predicted octanol–water partition coefficient (Wildman–Crippen LogP) is 0.243. The Balaban J connectivity index is 1.01. The summed E-state index contributed by atoms with van der Waals surface area (Å²) in [6.45, 7) is 3.86. The van der Waals surface area contributed by atoms with Gasteiger partial charge in [0.25, 0.3) is 0 Å². The number of aliphatic hydroxyl groups is 6. The molecular weight excluding hydrogens is 616 g/mol. The number of hydrogen-bond donors (Lipinski definition) is 6. The quantitative estimate of drug-likeness (QED) is 0.128. The summed E-state index contributed by atoms with van der Waals surface area (Å²) in [6, 6.07) is 0. The Morgan fingerprint density at radius 3 is 2.40 bits per heavy atom. The summed E-state index contributed by atoms with van der Waals surface area (Å²) < 4.78 is 28.7. The molecule has 13 nitrogen and oxygen atoms in total. The molecule has 13 heteroatoms. The zero-order chi connectivity index (χ0) is 33.5. The first kappa shape index (κ1) is 34.0. The van der Waals surface area contributed by atoms with Crippen molar-refractivity contribution in [2.45, 2.75) is 145 Å². The fourth-order valence-electron chi connectivity index (χ4n) is 11.0. The molecular formula is C34H50O13. The SMILES string of the molecule is C[C@@H]1O[C@@H](O[C@@H]2CC[C@]3(C=O)[C@@H]4CC[C@]5(C)[C@H](C6=CC(=O)OC6)CC[C@]5(O)[C@@H]4CC[C@]3(O)C2)C[C@H](O)[C@H]1O[C@@H]1OC[C@@H](O)[C@@H](O)[C@@H]1O. The number of aliphatic hydroxyl groups excluding tert-OH is 4. The lowest BCUT2D eigenvalue weighted by Gasteiger charge is -2.65. The number of fused-ring (bicyclic) bond motifs is 5. The lowest BCUT2D eigenvalue weighted by molar-refractivity contribution is -0.331. The Morgan fingerprint density at radius 2 is 1.70 bits per heavy atom. The Hall–Kier alpha value is -1.52. The highest BCUT2D eigenvalue weighted by Crippen LogP contribution is 2.70. The standard InChI is InChI=1S/C34H50O13/c1-17-29(47-30-28(40)27(39)24(37)15-44-30)23(36)12-26(45-17)46-19-3-8-32(16-35)21-4-7-31(2)20(18-11-25(38)43-14-18)6-10-34(31,42)22(21)5-9-33(32,41)13-19/h11,16-17,19-24,26-30,36-37,39-42H,3-10,12-15H2,1-2H3/t17-,19+,20-,21+,22+,23-,24+,26-,27+,28-,29-,30-,31+,32-,33-,34-/m0/s1. The maximum atomic E-state index is 13.1. The molecule has 0 aromatic rings. The Labute approximate surface area is 274 Å². The van der Waals surface area contributed by atoms with Gasteiger partial charge in [-0.05, 0) is 81.6 Å². The molecule has 0 aromatic carbocycles. The molecule has 0 radical (unpaired) electrons. The smallest absolute Gasteiger partial charge is 0.331 e. The number of ether oxygens (including phenoxy) is 5. The van der Waals surface area contributed by atoms with E-state index in [1.165, 1.54) is 0 Å². The Kier molecular flexibility index (Phi) is 8.72. The maximum Gasteiger partial charge on any atom is 0.331 e. The molecule has 7 rings (SSSR count). The van der Waals surface area contributed by atoms with Crippen LogP contribution < -0.4 is 0 Å². The molecule has 0 spiro atoms. The molecule has 0 amide bonds. The van der Waals surface area contributed by atoms with E-state index in [4.69, 9.17) is 23.7 Å². The van der Waals surface area contributed by atoms with Gasteiger partial charge in [0.2, 0.25) is 0 Å². The third-order valence-electron chi connectivity index (χ3n) is 13.6. The van der Waals surface area contributed by atoms with Crippen molar-refractivity contribution < 1.29 is 63.9 Å². The van der Waals surface area contributed by atoms with E-state index in [-0.39, 0.29) is 49.8 Å². The summed E-state index contributed by atoms with van der Waals surface area (Å²) in [5.41, 5.74) is -2.86. The van der Waals surface area contributed by atoms with Gasteiger partial charge in [0.15, 0.2) is 12.6 Å². The third-order valence-corrected chi connectivity index (χ3v) is 13.6. The van der Waals surface area contributed by atoms with E-state index in [0.717, 1.165) is 18.3 Å². The second-order valence-electron chi connectivity index (χ2n) is 15.7. The lowest BCUT2D eigenvalue weighted by Crippen LogP contribution is -2.69. The zero-order valence-electron chi connectivity index (χ0n) is 27.1. The molecule has 47 heavy (non-hydrogen) atoms. The van der Waals surface area contributed by atoms with Gasteiger partial charge in [-0.3, -0.25) is 0 Å². The van der Waals surface area contributed by atoms with Crippen LogP contribution >= 0.6 is 0 Å². The van der Waals surface area contributed by atoms with Crippen LogP contribution in [0.2, 0.25) is 0 Å². The molecule has 3 aliphatic heterocycles. The number of rotatable bonds is 6. The van der Waals surface area contributed by atoms with Gasteiger partial charge in [-0.15, -0.1) is 0 Å². The van der Waals surface area contributed by atoms with E-state index >= 15 is 0 Å². The van der Waals surface area contributed by atoms with Gasteiger partial charge in [0, 0.05) is 24.3 Å². The van der Waals surface area contributed by atoms with Crippen LogP contribution in [0.1, 0.15) is 78.1 Å². The van der Waals surface area contributed by atoms with E-state index in [2.05, 4.69) is 6.92 Å². The molecule has 2 saturated heterocycles. The van der Waals surface area contributed by atoms with Gasteiger partial charge in [0.1, 0.15) is 37.3 Å². The fraction of sp³-hybridized carbons (Fsp3) is 0.882. The minimum Gasteiger partial charge on any atom is -0.458 e. The number of hydrogen-bond acceptors (Lipinski definition) is 13. The lowest BCUT2D eigenvalue weighted by atomic mass is 9.41. The van der Waals surface area contributed by atoms with Crippen molar-refractivity contribution in [2.75, 3.05) is 13.2 Å². The molecule has 0 bridgehead atoms. The monoisotopic (exact) mass is 666 g/mol. The van der Waals surface area contributed by atoms with Crippen LogP contribution in [0.4, 0.5) is 0 Å². The van der Waals surface area contributed by atoms with E-state index in [1.807, 2.05) is 0 Å². The van der Waals surface area contributed by atoms with Crippen molar-refractivity contribution in [1.82, 2.24) is 0 Å². The van der Waals surface area contributed by atoms with Gasteiger partial charge >= 0.3 is 5.97 Å². The van der Waals surface area contributed by atoms with Gasteiger partial charge in [-0.1, -0.05) is 6.92 Å². The second kappa shape index (κ2) is 12.1. The van der Waals surface area contributed by atoms with Crippen LogP contribution in [-0.2, 0) is 33.3 Å². The van der Waals surface area contributed by atoms with Gasteiger partial charge in [-0.25, -0.2) is 4.79 Å². The number of carbonyl (C=O) groups excluding carboxylic acids is 2. The Bertz CT molecular complexity index is 1250. The first-order valence-corrected chi connectivity index (χ1v) is 17.3. The van der Waals surface area contributed by atoms with Crippen LogP contribution in [0.3, 0.4) is 0 Å². The molecule has 3 heterocycles. The minimum absolute atomic E-state index is 0.0370. The third kappa shape index (κ3) is 5.18. The summed E-state index contributed by atoms with van der Waals surface area (Å²) in [5, 5.41) is 65.7. The maximum absolute atomic E-state index is 13.1.